The molecule has 0 spiro atoms. The van der Waals surface area contributed by atoms with Crippen molar-refractivity contribution >= 4 is 0 Å². The summed E-state index contributed by atoms with van der Waals surface area (Å²) in [5.74, 6) is 0.351. The zero-order valence-corrected chi connectivity index (χ0v) is 28.5. The van der Waals surface area contributed by atoms with Crippen LogP contribution >= 0.6 is 0 Å². The highest BCUT2D eigenvalue weighted by molar-refractivity contribution is 5.20. The molecule has 2 fully saturated rings. The van der Waals surface area contributed by atoms with E-state index in [1.54, 1.807) is 18.5 Å². The number of aliphatic hydroxyl groups is 2. The fourth-order valence-electron chi connectivity index (χ4n) is 6.16. The molecule has 2 aliphatic rings. The van der Waals surface area contributed by atoms with Gasteiger partial charge in [-0.15, -0.1) is 0 Å². The van der Waals surface area contributed by atoms with Crippen molar-refractivity contribution in [1.82, 2.24) is 4.98 Å². The van der Waals surface area contributed by atoms with Gasteiger partial charge in [-0.25, -0.2) is 4.57 Å². The lowest BCUT2D eigenvalue weighted by atomic mass is 9.97. The first kappa shape index (κ1) is 37.0. The molecular weight excluding hydrogens is 596 g/mol. The van der Waals surface area contributed by atoms with Gasteiger partial charge >= 0.3 is 0 Å². The van der Waals surface area contributed by atoms with Crippen molar-refractivity contribution < 1.29 is 38.5 Å². The van der Waals surface area contributed by atoms with E-state index in [9.17, 15) is 10.2 Å². The Balaban J connectivity index is 1.19. The average molecular weight is 654 g/mol. The molecule has 2 saturated heterocycles. The zero-order valence-electron chi connectivity index (χ0n) is 28.5. The summed E-state index contributed by atoms with van der Waals surface area (Å²) in [6.45, 7) is 10.2. The van der Waals surface area contributed by atoms with Crippen LogP contribution in [-0.4, -0.2) is 52.8 Å². The van der Waals surface area contributed by atoms with Crippen LogP contribution in [0.4, 0.5) is 0 Å². The highest BCUT2D eigenvalue weighted by Crippen LogP contribution is 2.42. The SMILES string of the molecule is C=C1OC(c2cccnc2)OCC1(CO)OC1(CO)COC(c2ccc[n+](CCCCCCCCCCCCCCCC)c2)OC1=C. The molecule has 4 rings (SSSR count). The van der Waals surface area contributed by atoms with Crippen LogP contribution in [0.2, 0.25) is 0 Å². The first-order valence-corrected chi connectivity index (χ1v) is 17.7. The number of aromatic nitrogens is 2. The van der Waals surface area contributed by atoms with Crippen molar-refractivity contribution in [2.24, 2.45) is 0 Å². The summed E-state index contributed by atoms with van der Waals surface area (Å²) in [4.78, 5) is 4.10. The van der Waals surface area contributed by atoms with Gasteiger partial charge in [0.1, 0.15) is 18.1 Å². The Kier molecular flexibility index (Phi) is 15.2. The number of pyridine rings is 2. The van der Waals surface area contributed by atoms with E-state index in [4.69, 9.17) is 23.7 Å². The average Bonchev–Trinajstić information content (AvgIpc) is 3.10. The molecule has 0 radical (unpaired) electrons. The second kappa shape index (κ2) is 19.2. The molecule has 4 unspecified atom stereocenters. The predicted molar refractivity (Wildman–Crippen MR) is 180 cm³/mol. The Morgan fingerprint density at radius 1 is 0.766 bits per heavy atom. The number of unbranched alkanes of at least 4 members (excludes halogenated alkanes) is 13. The third-order valence-corrected chi connectivity index (χ3v) is 9.23. The minimum Gasteiger partial charge on any atom is -0.462 e. The Morgan fingerprint density at radius 3 is 1.77 bits per heavy atom. The molecule has 2 aromatic rings. The molecule has 0 aliphatic carbocycles. The number of aliphatic hydroxyl groups excluding tert-OH is 2. The van der Waals surface area contributed by atoms with Crippen molar-refractivity contribution in [3.05, 3.63) is 84.9 Å². The lowest BCUT2D eigenvalue weighted by Gasteiger charge is -2.48. The van der Waals surface area contributed by atoms with Crippen molar-refractivity contribution in [2.75, 3.05) is 26.4 Å². The molecule has 9 heteroatoms. The van der Waals surface area contributed by atoms with E-state index in [1.807, 2.05) is 24.4 Å². The van der Waals surface area contributed by atoms with Gasteiger partial charge in [-0.2, -0.15) is 0 Å². The van der Waals surface area contributed by atoms with E-state index >= 15 is 0 Å². The standard InChI is InChI=1S/C38H57N2O7/c1-4-5-6-7-8-9-10-11-12-13-14-15-16-17-23-40-24-19-21-34(26-40)36-44-30-38(28-42,32(3)46-36)47-37(27-41)29-43-35(45-31(37)2)33-20-18-22-39-25-33/h18-22,24-26,35-36,41-42H,2-17,23,27-30H2,1H3/q+1. The van der Waals surface area contributed by atoms with E-state index in [0.29, 0.717) is 5.56 Å². The van der Waals surface area contributed by atoms with E-state index in [-0.39, 0.29) is 24.7 Å². The number of aryl methyl sites for hydroxylation is 1. The molecule has 4 atom stereocenters. The molecule has 47 heavy (non-hydrogen) atoms. The molecule has 2 N–H and O–H groups in total. The Bertz CT molecular complexity index is 1230. The predicted octanol–water partition coefficient (Wildman–Crippen LogP) is 7.15. The highest BCUT2D eigenvalue weighted by atomic mass is 16.7. The fraction of sp³-hybridized carbons (Fsp3) is 0.632. The van der Waals surface area contributed by atoms with Crippen LogP contribution in [0.25, 0.3) is 0 Å². The van der Waals surface area contributed by atoms with Crippen LogP contribution in [0.3, 0.4) is 0 Å². The van der Waals surface area contributed by atoms with Crippen LogP contribution in [0.15, 0.2) is 73.7 Å². The van der Waals surface area contributed by atoms with Gasteiger partial charge in [0.2, 0.25) is 12.6 Å². The van der Waals surface area contributed by atoms with E-state index < -0.39 is 37.0 Å². The summed E-state index contributed by atoms with van der Waals surface area (Å²) in [6, 6.07) is 7.54. The molecule has 2 aromatic heterocycles. The van der Waals surface area contributed by atoms with Gasteiger partial charge < -0.3 is 33.9 Å². The van der Waals surface area contributed by atoms with Crippen LogP contribution in [0.1, 0.15) is 121 Å². The van der Waals surface area contributed by atoms with E-state index in [2.05, 4.69) is 35.8 Å². The number of ether oxygens (including phenoxy) is 5. The molecule has 9 nitrogen and oxygen atoms in total. The molecule has 260 valence electrons. The molecule has 0 saturated carbocycles. The topological polar surface area (TPSA) is 103 Å². The summed E-state index contributed by atoms with van der Waals surface area (Å²) < 4.78 is 32.5. The monoisotopic (exact) mass is 653 g/mol. The summed E-state index contributed by atoms with van der Waals surface area (Å²) in [6.07, 6.45) is 24.7. The van der Waals surface area contributed by atoms with Gasteiger partial charge in [0, 0.05) is 30.4 Å². The lowest BCUT2D eigenvalue weighted by Crippen LogP contribution is -2.59. The summed E-state index contributed by atoms with van der Waals surface area (Å²) >= 11 is 0. The molecule has 4 heterocycles. The fourth-order valence-corrected chi connectivity index (χ4v) is 6.16. The normalized spacial score (nSPS) is 24.6. The molecular formula is C38H57N2O7+. The highest BCUT2D eigenvalue weighted by Gasteiger charge is 2.53. The van der Waals surface area contributed by atoms with Crippen molar-refractivity contribution in [2.45, 2.75) is 127 Å². The quantitative estimate of drug-likeness (QED) is 0.108. The van der Waals surface area contributed by atoms with Gasteiger partial charge in [-0.05, 0) is 24.6 Å². The molecule has 0 bridgehead atoms. The van der Waals surface area contributed by atoms with Crippen LogP contribution < -0.4 is 4.57 Å². The van der Waals surface area contributed by atoms with Gasteiger partial charge in [-0.1, -0.05) is 97.1 Å². The van der Waals surface area contributed by atoms with E-state index in [0.717, 1.165) is 18.5 Å². The van der Waals surface area contributed by atoms with E-state index in [1.165, 1.54) is 83.5 Å². The summed E-state index contributed by atoms with van der Waals surface area (Å²) in [7, 11) is 0. The minimum absolute atomic E-state index is 0.0537. The molecule has 2 aliphatic heterocycles. The number of hydrogen-bond donors (Lipinski definition) is 2. The number of nitrogens with zero attached hydrogens (tertiary/aromatic N) is 2. The van der Waals surface area contributed by atoms with Crippen LogP contribution in [-0.2, 0) is 30.2 Å². The smallest absolute Gasteiger partial charge is 0.232 e. The van der Waals surface area contributed by atoms with Crippen molar-refractivity contribution in [1.29, 1.82) is 0 Å². The second-order valence-electron chi connectivity index (χ2n) is 13.0. The number of hydrogen-bond acceptors (Lipinski definition) is 8. The first-order valence-electron chi connectivity index (χ1n) is 17.7. The number of rotatable bonds is 21. The zero-order chi connectivity index (χ0) is 33.4. The second-order valence-corrected chi connectivity index (χ2v) is 13.0. The van der Waals surface area contributed by atoms with Crippen molar-refractivity contribution in [3.8, 4) is 0 Å². The van der Waals surface area contributed by atoms with Gasteiger partial charge in [-0.3, -0.25) is 4.98 Å². The Hall–Kier alpha value is -2.82. The minimum atomic E-state index is -1.47. The Labute approximate surface area is 281 Å². The maximum atomic E-state index is 10.5. The maximum absolute atomic E-state index is 10.5. The van der Waals surface area contributed by atoms with Crippen molar-refractivity contribution in [3.63, 3.8) is 0 Å². The van der Waals surface area contributed by atoms with Gasteiger partial charge in [0.05, 0.1) is 32.0 Å². The maximum Gasteiger partial charge on any atom is 0.232 e. The summed E-state index contributed by atoms with van der Waals surface area (Å²) in [5, 5.41) is 20.9. The first-order chi connectivity index (χ1) is 22.9. The summed E-state index contributed by atoms with van der Waals surface area (Å²) in [5.41, 5.74) is -1.38. The molecule has 0 amide bonds. The lowest BCUT2D eigenvalue weighted by molar-refractivity contribution is -0.698. The van der Waals surface area contributed by atoms with Gasteiger partial charge in [0.15, 0.2) is 23.6 Å². The van der Waals surface area contributed by atoms with Crippen LogP contribution in [0.5, 0.6) is 0 Å². The van der Waals surface area contributed by atoms with Crippen LogP contribution in [0, 0.1) is 0 Å². The largest absolute Gasteiger partial charge is 0.462 e. The van der Waals surface area contributed by atoms with Gasteiger partial charge in [0.25, 0.3) is 0 Å². The molecule has 0 aromatic carbocycles. The third kappa shape index (κ3) is 10.6. The Morgan fingerprint density at radius 2 is 1.28 bits per heavy atom. The third-order valence-electron chi connectivity index (χ3n) is 9.23.